The van der Waals surface area contributed by atoms with Gasteiger partial charge in [-0.15, -0.1) is 0 Å². The Morgan fingerprint density at radius 3 is 2.48 bits per heavy atom. The molecule has 0 saturated heterocycles. The van der Waals surface area contributed by atoms with Crippen LogP contribution in [0.15, 0.2) is 73.1 Å². The van der Waals surface area contributed by atoms with Crippen LogP contribution in [0.2, 0.25) is 0 Å². The van der Waals surface area contributed by atoms with Gasteiger partial charge in [0.2, 0.25) is 10.0 Å². The standard InChI is InChI=1S/C20H19N3O3S/c1-2-27(25,26)22-18-11-9-17(10-12-18)20(24)13-8-16-14-21-23(15-16)19-6-4-3-5-7-19/h3-15,22H,2H2,1H3. The van der Waals surface area contributed by atoms with E-state index in [2.05, 4.69) is 9.82 Å². The maximum absolute atomic E-state index is 12.3. The molecule has 2 aromatic carbocycles. The third-order valence-corrected chi connectivity index (χ3v) is 5.18. The van der Waals surface area contributed by atoms with Crippen molar-refractivity contribution in [2.45, 2.75) is 6.92 Å². The van der Waals surface area contributed by atoms with E-state index in [1.54, 1.807) is 48.1 Å². The number of rotatable bonds is 7. The summed E-state index contributed by atoms with van der Waals surface area (Å²) < 4.78 is 27.3. The maximum atomic E-state index is 12.3. The van der Waals surface area contributed by atoms with Gasteiger partial charge in [-0.25, -0.2) is 13.1 Å². The lowest BCUT2D eigenvalue weighted by Crippen LogP contribution is -2.14. The fraction of sp³-hybridized carbons (Fsp3) is 0.100. The van der Waals surface area contributed by atoms with Gasteiger partial charge in [0.05, 0.1) is 17.6 Å². The predicted molar refractivity (Wildman–Crippen MR) is 106 cm³/mol. The number of hydrogen-bond acceptors (Lipinski definition) is 4. The summed E-state index contributed by atoms with van der Waals surface area (Å²) in [7, 11) is -3.33. The number of nitrogens with one attached hydrogen (secondary N) is 1. The van der Waals surface area contributed by atoms with Crippen molar-refractivity contribution in [1.82, 2.24) is 9.78 Å². The highest BCUT2D eigenvalue weighted by molar-refractivity contribution is 7.92. The van der Waals surface area contributed by atoms with Crippen molar-refractivity contribution >= 4 is 27.6 Å². The van der Waals surface area contributed by atoms with Gasteiger partial charge in [-0.05, 0) is 55.5 Å². The summed E-state index contributed by atoms with van der Waals surface area (Å²) >= 11 is 0. The van der Waals surface area contributed by atoms with Gasteiger partial charge >= 0.3 is 0 Å². The van der Waals surface area contributed by atoms with Crippen LogP contribution in [0.5, 0.6) is 0 Å². The van der Waals surface area contributed by atoms with Crippen molar-refractivity contribution in [1.29, 1.82) is 0 Å². The van der Waals surface area contributed by atoms with E-state index >= 15 is 0 Å². The first-order chi connectivity index (χ1) is 13.0. The molecule has 0 aliphatic rings. The minimum Gasteiger partial charge on any atom is -0.289 e. The Kier molecular flexibility index (Phi) is 5.52. The van der Waals surface area contributed by atoms with E-state index in [0.717, 1.165) is 11.3 Å². The molecule has 0 aliphatic carbocycles. The van der Waals surface area contributed by atoms with Crippen LogP contribution in [0.3, 0.4) is 0 Å². The number of carbonyl (C=O) groups is 1. The summed E-state index contributed by atoms with van der Waals surface area (Å²) in [6, 6.07) is 16.0. The van der Waals surface area contributed by atoms with Crippen LogP contribution in [0, 0.1) is 0 Å². The molecule has 0 saturated carbocycles. The van der Waals surface area contributed by atoms with E-state index in [4.69, 9.17) is 0 Å². The normalized spacial score (nSPS) is 11.6. The highest BCUT2D eigenvalue weighted by Crippen LogP contribution is 2.13. The SMILES string of the molecule is CCS(=O)(=O)Nc1ccc(C(=O)C=Cc2cnn(-c3ccccc3)c2)cc1. The highest BCUT2D eigenvalue weighted by atomic mass is 32.2. The third-order valence-electron chi connectivity index (χ3n) is 3.87. The number of benzene rings is 2. The van der Waals surface area contributed by atoms with Crippen molar-refractivity contribution in [3.05, 3.63) is 84.2 Å². The van der Waals surface area contributed by atoms with Gasteiger partial charge in [0.25, 0.3) is 0 Å². The number of para-hydroxylation sites is 1. The highest BCUT2D eigenvalue weighted by Gasteiger charge is 2.08. The summed E-state index contributed by atoms with van der Waals surface area (Å²) in [5.74, 6) is -0.181. The van der Waals surface area contributed by atoms with Crippen LogP contribution < -0.4 is 4.72 Å². The molecule has 3 rings (SSSR count). The first kappa shape index (κ1) is 18.6. The van der Waals surface area contributed by atoms with Gasteiger partial charge in [-0.3, -0.25) is 9.52 Å². The summed E-state index contributed by atoms with van der Waals surface area (Å²) in [5.41, 5.74) is 2.65. The molecule has 0 aliphatic heterocycles. The Hall–Kier alpha value is -3.19. The Bertz CT molecular complexity index is 1050. The fourth-order valence-electron chi connectivity index (χ4n) is 2.37. The number of nitrogens with zero attached hydrogens (tertiary/aromatic N) is 2. The molecule has 0 spiro atoms. The number of hydrogen-bond donors (Lipinski definition) is 1. The Morgan fingerprint density at radius 1 is 1.11 bits per heavy atom. The Labute approximate surface area is 158 Å². The van der Waals surface area contributed by atoms with E-state index in [1.165, 1.54) is 6.08 Å². The zero-order valence-corrected chi connectivity index (χ0v) is 15.6. The minimum atomic E-state index is -3.33. The fourth-order valence-corrected chi connectivity index (χ4v) is 3.01. The molecule has 6 nitrogen and oxygen atoms in total. The molecule has 7 heteroatoms. The monoisotopic (exact) mass is 381 g/mol. The number of carbonyl (C=O) groups excluding carboxylic acids is 1. The van der Waals surface area contributed by atoms with Crippen molar-refractivity contribution in [2.24, 2.45) is 0 Å². The van der Waals surface area contributed by atoms with E-state index in [9.17, 15) is 13.2 Å². The molecule has 0 atom stereocenters. The van der Waals surface area contributed by atoms with Gasteiger partial charge in [0.15, 0.2) is 5.78 Å². The minimum absolute atomic E-state index is 0.00686. The first-order valence-corrected chi connectivity index (χ1v) is 10.0. The van der Waals surface area contributed by atoms with Crippen molar-refractivity contribution in [2.75, 3.05) is 10.5 Å². The molecule has 0 fully saturated rings. The molecule has 27 heavy (non-hydrogen) atoms. The number of ketones is 1. The molecular formula is C20H19N3O3S. The summed E-state index contributed by atoms with van der Waals surface area (Å²) in [5, 5.41) is 4.28. The molecule has 0 amide bonds. The number of sulfonamides is 1. The number of anilines is 1. The summed E-state index contributed by atoms with van der Waals surface area (Å²) in [6.45, 7) is 1.56. The lowest BCUT2D eigenvalue weighted by Gasteiger charge is -2.06. The second-order valence-electron chi connectivity index (χ2n) is 5.83. The Balaban J connectivity index is 1.67. The summed E-state index contributed by atoms with van der Waals surface area (Å²) in [4.78, 5) is 12.3. The van der Waals surface area contributed by atoms with Crippen LogP contribution >= 0.6 is 0 Å². The quantitative estimate of drug-likeness (QED) is 0.501. The molecule has 138 valence electrons. The lowest BCUT2D eigenvalue weighted by atomic mass is 10.1. The van der Waals surface area contributed by atoms with Crippen LogP contribution in [0.4, 0.5) is 5.69 Å². The summed E-state index contributed by atoms with van der Waals surface area (Å²) in [6.07, 6.45) is 6.68. The molecule has 0 bridgehead atoms. The molecule has 0 radical (unpaired) electrons. The topological polar surface area (TPSA) is 81.1 Å². The molecule has 1 heterocycles. The van der Waals surface area contributed by atoms with E-state index in [0.29, 0.717) is 11.3 Å². The average Bonchev–Trinajstić information content (AvgIpc) is 3.16. The van der Waals surface area contributed by atoms with Crippen molar-refractivity contribution in [3.63, 3.8) is 0 Å². The molecular weight excluding hydrogens is 362 g/mol. The maximum Gasteiger partial charge on any atom is 0.232 e. The van der Waals surface area contributed by atoms with E-state index < -0.39 is 10.0 Å². The molecule has 1 aromatic heterocycles. The van der Waals surface area contributed by atoms with E-state index in [-0.39, 0.29) is 11.5 Å². The smallest absolute Gasteiger partial charge is 0.232 e. The van der Waals surface area contributed by atoms with Crippen molar-refractivity contribution < 1.29 is 13.2 Å². The Morgan fingerprint density at radius 2 is 1.81 bits per heavy atom. The van der Waals surface area contributed by atoms with Crippen molar-refractivity contribution in [3.8, 4) is 5.69 Å². The zero-order chi connectivity index (χ0) is 19.3. The zero-order valence-electron chi connectivity index (χ0n) is 14.7. The van der Waals surface area contributed by atoms with Gasteiger partial charge in [0.1, 0.15) is 0 Å². The lowest BCUT2D eigenvalue weighted by molar-refractivity contribution is 0.104. The second kappa shape index (κ2) is 8.01. The van der Waals surface area contributed by atoms with Gasteiger partial charge < -0.3 is 0 Å². The molecule has 3 aromatic rings. The predicted octanol–water partition coefficient (Wildman–Crippen LogP) is 3.53. The number of allylic oxidation sites excluding steroid dienone is 1. The van der Waals surface area contributed by atoms with Crippen LogP contribution in [0.25, 0.3) is 11.8 Å². The average molecular weight is 381 g/mol. The largest absolute Gasteiger partial charge is 0.289 e. The van der Waals surface area contributed by atoms with Gasteiger partial charge in [0, 0.05) is 23.0 Å². The molecule has 1 N–H and O–H groups in total. The van der Waals surface area contributed by atoms with Crippen LogP contribution in [0.1, 0.15) is 22.8 Å². The molecule has 0 unspecified atom stereocenters. The van der Waals surface area contributed by atoms with Gasteiger partial charge in [-0.2, -0.15) is 5.10 Å². The second-order valence-corrected chi connectivity index (χ2v) is 7.85. The number of aromatic nitrogens is 2. The van der Waals surface area contributed by atoms with Crippen LogP contribution in [-0.2, 0) is 10.0 Å². The third kappa shape index (κ3) is 4.92. The first-order valence-electron chi connectivity index (χ1n) is 8.40. The van der Waals surface area contributed by atoms with E-state index in [1.807, 2.05) is 36.5 Å². The van der Waals surface area contributed by atoms with Gasteiger partial charge in [-0.1, -0.05) is 18.2 Å². The van der Waals surface area contributed by atoms with Crippen LogP contribution in [-0.4, -0.2) is 29.7 Å².